The molecule has 1 spiro atoms. The number of likely N-dealkylation sites (tertiary alicyclic amines) is 1. The summed E-state index contributed by atoms with van der Waals surface area (Å²) in [5.41, 5.74) is 3.18. The van der Waals surface area contributed by atoms with Crippen LogP contribution < -0.4 is 0 Å². The van der Waals surface area contributed by atoms with Crippen molar-refractivity contribution in [3.63, 3.8) is 0 Å². The Hall–Kier alpha value is -1.78. The summed E-state index contributed by atoms with van der Waals surface area (Å²) >= 11 is 1.74. The molecular weight excluding hydrogens is 330 g/mol. The molecule has 0 radical (unpaired) electrons. The zero-order valence-electron chi connectivity index (χ0n) is 14.5. The maximum Gasteiger partial charge on any atom is 0.253 e. The summed E-state index contributed by atoms with van der Waals surface area (Å²) in [6.45, 7) is 2.49. The average Bonchev–Trinajstić information content (AvgIpc) is 2.66. The second kappa shape index (κ2) is 6.85. The van der Waals surface area contributed by atoms with E-state index in [0.717, 1.165) is 50.1 Å². The Morgan fingerprint density at radius 3 is 2.00 bits per heavy atom. The van der Waals surface area contributed by atoms with Crippen LogP contribution in [-0.4, -0.2) is 42.4 Å². The number of ether oxygens (including phenoxy) is 1. The quantitative estimate of drug-likeness (QED) is 0.763. The number of hydrogen-bond donors (Lipinski definition) is 0. The van der Waals surface area contributed by atoms with E-state index in [1.807, 2.05) is 29.2 Å². The van der Waals surface area contributed by atoms with Gasteiger partial charge in [-0.15, -0.1) is 11.8 Å². The zero-order chi connectivity index (χ0) is 17.3. The summed E-state index contributed by atoms with van der Waals surface area (Å²) in [5, 5.41) is 0. The van der Waals surface area contributed by atoms with Crippen LogP contribution in [0.1, 0.15) is 29.6 Å². The van der Waals surface area contributed by atoms with Gasteiger partial charge in [0.1, 0.15) is 0 Å². The fourth-order valence-electron chi connectivity index (χ4n) is 3.67. The molecule has 4 heteroatoms. The second-order valence-corrected chi connectivity index (χ2v) is 7.76. The van der Waals surface area contributed by atoms with Crippen LogP contribution in [0.3, 0.4) is 0 Å². The molecule has 2 saturated heterocycles. The third-order valence-corrected chi connectivity index (χ3v) is 6.23. The van der Waals surface area contributed by atoms with Crippen molar-refractivity contribution in [2.24, 2.45) is 0 Å². The lowest BCUT2D eigenvalue weighted by Gasteiger charge is -2.47. The molecule has 3 nitrogen and oxygen atoms in total. The van der Waals surface area contributed by atoms with Gasteiger partial charge in [-0.1, -0.05) is 24.3 Å². The molecule has 2 aromatic carbocycles. The summed E-state index contributed by atoms with van der Waals surface area (Å²) in [5.74, 6) is 0.137. The summed E-state index contributed by atoms with van der Waals surface area (Å²) in [6.07, 6.45) is 5.17. The van der Waals surface area contributed by atoms with Crippen LogP contribution in [-0.2, 0) is 4.74 Å². The highest BCUT2D eigenvalue weighted by molar-refractivity contribution is 7.98. The fourth-order valence-corrected chi connectivity index (χ4v) is 4.08. The van der Waals surface area contributed by atoms with Crippen molar-refractivity contribution in [2.75, 3.05) is 26.0 Å². The van der Waals surface area contributed by atoms with Crippen molar-refractivity contribution in [1.82, 2.24) is 4.90 Å². The first kappa shape index (κ1) is 16.7. The number of amides is 1. The van der Waals surface area contributed by atoms with Crippen LogP contribution in [0.2, 0.25) is 0 Å². The molecule has 0 bridgehead atoms. The lowest BCUT2D eigenvalue weighted by molar-refractivity contribution is -0.169. The first-order chi connectivity index (χ1) is 12.2. The molecule has 1 amide bonds. The van der Waals surface area contributed by atoms with Gasteiger partial charge in [0.2, 0.25) is 0 Å². The first-order valence-electron chi connectivity index (χ1n) is 8.87. The Morgan fingerprint density at radius 1 is 0.960 bits per heavy atom. The second-order valence-electron chi connectivity index (χ2n) is 6.88. The largest absolute Gasteiger partial charge is 0.375 e. The van der Waals surface area contributed by atoms with Gasteiger partial charge in [0, 0.05) is 23.5 Å². The Kier molecular flexibility index (Phi) is 4.57. The van der Waals surface area contributed by atoms with Gasteiger partial charge in [0.05, 0.1) is 12.2 Å². The summed E-state index contributed by atoms with van der Waals surface area (Å²) in [6, 6.07) is 16.5. The molecule has 2 aliphatic heterocycles. The van der Waals surface area contributed by atoms with Crippen LogP contribution >= 0.6 is 11.8 Å². The van der Waals surface area contributed by atoms with E-state index in [1.165, 1.54) is 10.5 Å². The van der Waals surface area contributed by atoms with E-state index in [4.69, 9.17) is 4.74 Å². The molecule has 0 atom stereocenters. The molecule has 2 fully saturated rings. The van der Waals surface area contributed by atoms with Gasteiger partial charge in [-0.2, -0.15) is 0 Å². The first-order valence-corrected chi connectivity index (χ1v) is 10.1. The van der Waals surface area contributed by atoms with Crippen molar-refractivity contribution in [3.05, 3.63) is 54.1 Å². The van der Waals surface area contributed by atoms with Gasteiger partial charge in [0.25, 0.3) is 5.91 Å². The van der Waals surface area contributed by atoms with Crippen LogP contribution in [0, 0.1) is 0 Å². The molecule has 0 saturated carbocycles. The molecular formula is C21H23NO2S. The predicted molar refractivity (Wildman–Crippen MR) is 102 cm³/mol. The van der Waals surface area contributed by atoms with E-state index < -0.39 is 0 Å². The molecule has 0 aliphatic carbocycles. The molecule has 4 rings (SSSR count). The number of benzene rings is 2. The van der Waals surface area contributed by atoms with Crippen LogP contribution in [0.15, 0.2) is 53.4 Å². The molecule has 0 N–H and O–H groups in total. The van der Waals surface area contributed by atoms with Crippen molar-refractivity contribution < 1.29 is 9.53 Å². The van der Waals surface area contributed by atoms with E-state index in [2.05, 4.69) is 30.5 Å². The third-order valence-electron chi connectivity index (χ3n) is 5.48. The molecule has 0 aromatic heterocycles. The topological polar surface area (TPSA) is 29.5 Å². The SMILES string of the molecule is CSc1ccc(-c2ccc(C(=O)N3CCC4(CCO4)CC3)cc2)cc1. The van der Waals surface area contributed by atoms with Crippen molar-refractivity contribution in [3.8, 4) is 11.1 Å². The van der Waals surface area contributed by atoms with Gasteiger partial charge in [-0.3, -0.25) is 4.79 Å². The Bertz CT molecular complexity index is 740. The number of hydrogen-bond acceptors (Lipinski definition) is 3. The normalized spacial score (nSPS) is 18.8. The van der Waals surface area contributed by atoms with Gasteiger partial charge >= 0.3 is 0 Å². The summed E-state index contributed by atoms with van der Waals surface area (Å²) in [7, 11) is 0. The van der Waals surface area contributed by atoms with E-state index in [0.29, 0.717) is 0 Å². The van der Waals surface area contributed by atoms with Crippen molar-refractivity contribution >= 4 is 17.7 Å². The van der Waals surface area contributed by atoms with Gasteiger partial charge in [0.15, 0.2) is 0 Å². The standard InChI is InChI=1S/C21H23NO2S/c1-25-19-8-6-17(7-9-19)16-2-4-18(5-3-16)20(23)22-13-10-21(11-14-22)12-15-24-21/h2-9H,10-15H2,1H3. The maximum atomic E-state index is 12.7. The highest BCUT2D eigenvalue weighted by Crippen LogP contribution is 2.37. The summed E-state index contributed by atoms with van der Waals surface area (Å²) in [4.78, 5) is 16.0. The third kappa shape index (κ3) is 3.33. The Morgan fingerprint density at radius 2 is 1.52 bits per heavy atom. The predicted octanol–water partition coefficient (Wildman–Crippen LogP) is 4.47. The minimum Gasteiger partial charge on any atom is -0.375 e. The van der Waals surface area contributed by atoms with Gasteiger partial charge in [-0.05, 0) is 60.9 Å². The fraction of sp³-hybridized carbons (Fsp3) is 0.381. The maximum absolute atomic E-state index is 12.7. The highest BCUT2D eigenvalue weighted by atomic mass is 32.2. The number of carbonyl (C=O) groups is 1. The van der Waals surface area contributed by atoms with Crippen molar-refractivity contribution in [1.29, 1.82) is 0 Å². The van der Waals surface area contributed by atoms with E-state index in [1.54, 1.807) is 11.8 Å². The van der Waals surface area contributed by atoms with Crippen molar-refractivity contribution in [2.45, 2.75) is 29.8 Å². The monoisotopic (exact) mass is 353 g/mol. The number of nitrogens with zero attached hydrogens (tertiary/aromatic N) is 1. The minimum absolute atomic E-state index is 0.0869. The smallest absolute Gasteiger partial charge is 0.253 e. The number of rotatable bonds is 3. The Balaban J connectivity index is 1.43. The van der Waals surface area contributed by atoms with Crippen LogP contribution in [0.4, 0.5) is 0 Å². The number of thioether (sulfide) groups is 1. The number of carbonyl (C=O) groups excluding carboxylic acids is 1. The number of piperidine rings is 1. The average molecular weight is 353 g/mol. The molecule has 2 aromatic rings. The van der Waals surface area contributed by atoms with E-state index in [9.17, 15) is 4.79 Å². The van der Waals surface area contributed by atoms with E-state index >= 15 is 0 Å². The molecule has 2 aliphatic rings. The molecule has 130 valence electrons. The lowest BCUT2D eigenvalue weighted by atomic mass is 9.84. The minimum atomic E-state index is 0.0869. The molecule has 25 heavy (non-hydrogen) atoms. The Labute approximate surface area is 153 Å². The van der Waals surface area contributed by atoms with Gasteiger partial charge < -0.3 is 9.64 Å². The van der Waals surface area contributed by atoms with Crippen LogP contribution in [0.25, 0.3) is 11.1 Å². The molecule has 2 heterocycles. The van der Waals surface area contributed by atoms with Gasteiger partial charge in [-0.25, -0.2) is 0 Å². The highest BCUT2D eigenvalue weighted by Gasteiger charge is 2.41. The summed E-state index contributed by atoms with van der Waals surface area (Å²) < 4.78 is 5.73. The zero-order valence-corrected chi connectivity index (χ0v) is 15.3. The lowest BCUT2D eigenvalue weighted by Crippen LogP contribution is -2.53. The van der Waals surface area contributed by atoms with Crippen LogP contribution in [0.5, 0.6) is 0 Å². The molecule has 0 unspecified atom stereocenters. The van der Waals surface area contributed by atoms with E-state index in [-0.39, 0.29) is 11.5 Å².